The fourth-order valence-corrected chi connectivity index (χ4v) is 10.4. The lowest BCUT2D eigenvalue weighted by atomic mass is 9.71. The molecule has 62 heavy (non-hydrogen) atoms. The van der Waals surface area contributed by atoms with Crippen LogP contribution >= 0.6 is 0 Å². The predicted octanol–water partition coefficient (Wildman–Crippen LogP) is 5.58. The zero-order chi connectivity index (χ0) is 45.3. The maximum absolute atomic E-state index is 14.3. The van der Waals surface area contributed by atoms with Crippen LogP contribution in [-0.2, 0) is 47.4 Å². The molecule has 0 aromatic rings. The zero-order valence-corrected chi connectivity index (χ0v) is 38.8. The van der Waals surface area contributed by atoms with Crippen LogP contribution in [-0.4, -0.2) is 138 Å². The van der Waals surface area contributed by atoms with Gasteiger partial charge in [0.05, 0.1) is 54.9 Å². The quantitative estimate of drug-likeness (QED) is 0.175. The van der Waals surface area contributed by atoms with Gasteiger partial charge in [0, 0.05) is 64.6 Å². The van der Waals surface area contributed by atoms with Crippen LogP contribution in [0, 0.1) is 23.7 Å². The minimum atomic E-state index is -1.71. The van der Waals surface area contributed by atoms with Gasteiger partial charge in [0.2, 0.25) is 0 Å². The molecule has 2 bridgehead atoms. The first-order chi connectivity index (χ1) is 29.3. The minimum absolute atomic E-state index is 0.0675. The molecule has 0 saturated carbocycles. The number of hydrogen-bond acceptors (Lipinski definition) is 14. The molecular formula is C48H76O14. The average molecular weight is 877 g/mol. The smallest absolute Gasteiger partial charge is 0.316 e. The number of ether oxygens (including phenoxy) is 9. The van der Waals surface area contributed by atoms with Gasteiger partial charge >= 0.3 is 5.97 Å². The first kappa shape index (κ1) is 49.4. The summed E-state index contributed by atoms with van der Waals surface area (Å²) in [5.41, 5.74) is 0.329. The van der Waals surface area contributed by atoms with Crippen molar-refractivity contribution < 1.29 is 67.9 Å². The molecule has 6 aliphatic rings. The van der Waals surface area contributed by atoms with Gasteiger partial charge in [0.1, 0.15) is 29.8 Å². The van der Waals surface area contributed by atoms with Crippen LogP contribution < -0.4 is 0 Å². The van der Waals surface area contributed by atoms with Gasteiger partial charge in [0.15, 0.2) is 18.4 Å². The molecule has 4 saturated heterocycles. The number of allylic oxidation sites excluding steroid dienone is 2. The molecule has 4 N–H and O–H groups in total. The van der Waals surface area contributed by atoms with Crippen molar-refractivity contribution in [3.63, 3.8) is 0 Å². The maximum atomic E-state index is 14.3. The van der Waals surface area contributed by atoms with Gasteiger partial charge in [-0.3, -0.25) is 4.79 Å². The highest BCUT2D eigenvalue weighted by atomic mass is 16.7. The summed E-state index contributed by atoms with van der Waals surface area (Å²) in [6, 6.07) is 0. The molecule has 14 nitrogen and oxygen atoms in total. The summed E-state index contributed by atoms with van der Waals surface area (Å²) in [4.78, 5) is 14.3. The Morgan fingerprint density at radius 1 is 0.855 bits per heavy atom. The second-order valence-corrected chi connectivity index (χ2v) is 19.3. The number of rotatable bonds is 8. The molecule has 5 aliphatic heterocycles. The molecule has 1 unspecified atom stereocenters. The Balaban J connectivity index is 1.30. The van der Waals surface area contributed by atoms with Gasteiger partial charge in [-0.1, -0.05) is 64.5 Å². The van der Waals surface area contributed by atoms with Crippen molar-refractivity contribution in [3.05, 3.63) is 47.1 Å². The van der Waals surface area contributed by atoms with Crippen molar-refractivity contribution in [2.45, 2.75) is 211 Å². The van der Waals surface area contributed by atoms with Crippen LogP contribution in [0.2, 0.25) is 0 Å². The van der Waals surface area contributed by atoms with Crippen molar-refractivity contribution in [1.29, 1.82) is 0 Å². The van der Waals surface area contributed by atoms with E-state index in [-0.39, 0.29) is 49.2 Å². The van der Waals surface area contributed by atoms with Crippen molar-refractivity contribution in [3.8, 4) is 0 Å². The van der Waals surface area contributed by atoms with E-state index in [1.807, 2.05) is 32.9 Å². The molecule has 0 aromatic carbocycles. The van der Waals surface area contributed by atoms with E-state index in [1.54, 1.807) is 47.1 Å². The summed E-state index contributed by atoms with van der Waals surface area (Å²) >= 11 is 0. The van der Waals surface area contributed by atoms with E-state index in [9.17, 15) is 25.2 Å². The fourth-order valence-electron chi connectivity index (χ4n) is 10.4. The largest absolute Gasteiger partial charge is 0.462 e. The fraction of sp³-hybridized carbons (Fsp3) is 0.812. The molecule has 5 heterocycles. The van der Waals surface area contributed by atoms with E-state index in [4.69, 9.17) is 42.6 Å². The molecular weight excluding hydrogens is 801 g/mol. The van der Waals surface area contributed by atoms with Crippen LogP contribution in [0.3, 0.4) is 0 Å². The molecule has 14 heteroatoms. The minimum Gasteiger partial charge on any atom is -0.462 e. The third-order valence-corrected chi connectivity index (χ3v) is 14.7. The number of hydrogen-bond donors (Lipinski definition) is 4. The third-order valence-electron chi connectivity index (χ3n) is 14.7. The Morgan fingerprint density at radius 3 is 2.23 bits per heavy atom. The molecule has 0 radical (unpaired) electrons. The monoisotopic (exact) mass is 877 g/mol. The Morgan fingerprint density at radius 2 is 1.53 bits per heavy atom. The lowest BCUT2D eigenvalue weighted by Gasteiger charge is -2.52. The van der Waals surface area contributed by atoms with Crippen molar-refractivity contribution in [2.75, 3.05) is 14.2 Å². The first-order valence-corrected chi connectivity index (χ1v) is 23.0. The van der Waals surface area contributed by atoms with Crippen LogP contribution in [0.25, 0.3) is 0 Å². The van der Waals surface area contributed by atoms with Crippen LogP contribution in [0.1, 0.15) is 114 Å². The van der Waals surface area contributed by atoms with Gasteiger partial charge < -0.3 is 63.1 Å². The summed E-state index contributed by atoms with van der Waals surface area (Å²) in [5.74, 6) is -2.99. The first-order valence-electron chi connectivity index (χ1n) is 23.0. The number of fused-ring (bicyclic) bond motifs is 3. The number of methoxy groups -OCH3 is 2. The van der Waals surface area contributed by atoms with E-state index in [1.165, 1.54) is 0 Å². The van der Waals surface area contributed by atoms with E-state index < -0.39 is 96.9 Å². The molecule has 352 valence electrons. The Kier molecular flexibility index (Phi) is 16.4. The molecule has 1 spiro atoms. The third kappa shape index (κ3) is 10.8. The normalized spacial score (nSPS) is 48.7. The van der Waals surface area contributed by atoms with E-state index >= 15 is 0 Å². The predicted molar refractivity (Wildman–Crippen MR) is 229 cm³/mol. The second kappa shape index (κ2) is 20.6. The summed E-state index contributed by atoms with van der Waals surface area (Å²) in [5, 5.41) is 45.3. The Bertz CT molecular complexity index is 1650. The van der Waals surface area contributed by atoms with Crippen molar-refractivity contribution >= 4 is 5.97 Å². The molecule has 0 amide bonds. The van der Waals surface area contributed by atoms with Crippen LogP contribution in [0.5, 0.6) is 0 Å². The Labute approximate surface area is 368 Å². The highest BCUT2D eigenvalue weighted by Crippen LogP contribution is 2.46. The SMILES string of the molecule is CC[C@H](C)[C@H]1O[C@]2(CC(O)[C@@H]1C)C[C@@H]1C[C@@H](C/C=C(\C)[C@@H](O[C@H]3C[C@H](OC)[C@@H](O[C@H]4C[C@H](OC)[C@@H](O)[C@H](C)O4)[C@H](C)O3)[C@@H](C)/C=C/C=C(\C)[C@]3(O)C[C@H](O)C(C)=C[C@H]3C(=O)O1)O2. The lowest BCUT2D eigenvalue weighted by Crippen LogP contribution is -2.59. The number of aliphatic hydroxyl groups is 4. The summed E-state index contributed by atoms with van der Waals surface area (Å²) in [6.07, 6.45) is 4.54. The van der Waals surface area contributed by atoms with E-state index in [2.05, 4.69) is 26.8 Å². The number of esters is 1. The number of carbonyl (C=O) groups excluding carboxylic acids is 1. The molecule has 20 atom stereocenters. The summed E-state index contributed by atoms with van der Waals surface area (Å²) in [7, 11) is 3.21. The van der Waals surface area contributed by atoms with Crippen molar-refractivity contribution in [1.82, 2.24) is 0 Å². The van der Waals surface area contributed by atoms with Crippen LogP contribution in [0.4, 0.5) is 0 Å². The number of carbonyl (C=O) groups is 1. The topological polar surface area (TPSA) is 181 Å². The van der Waals surface area contributed by atoms with Gasteiger partial charge in [-0.25, -0.2) is 0 Å². The molecule has 0 aromatic heterocycles. The Hall–Kier alpha value is -2.05. The van der Waals surface area contributed by atoms with Crippen molar-refractivity contribution in [2.24, 2.45) is 23.7 Å². The van der Waals surface area contributed by atoms with Gasteiger partial charge in [-0.05, 0) is 63.7 Å². The van der Waals surface area contributed by atoms with Gasteiger partial charge in [0.25, 0.3) is 0 Å². The molecule has 6 rings (SSSR count). The van der Waals surface area contributed by atoms with Gasteiger partial charge in [-0.15, -0.1) is 0 Å². The number of aliphatic hydroxyl groups excluding tert-OH is 3. The average Bonchev–Trinajstić information content (AvgIpc) is 3.22. The highest BCUT2D eigenvalue weighted by Gasteiger charge is 2.54. The zero-order valence-electron chi connectivity index (χ0n) is 38.8. The summed E-state index contributed by atoms with van der Waals surface area (Å²) in [6.45, 7) is 17.6. The molecule has 1 aliphatic carbocycles. The van der Waals surface area contributed by atoms with Crippen LogP contribution in [0.15, 0.2) is 47.1 Å². The van der Waals surface area contributed by atoms with E-state index in [0.29, 0.717) is 36.8 Å². The highest BCUT2D eigenvalue weighted by molar-refractivity contribution is 5.78. The molecule has 4 fully saturated rings. The lowest BCUT2D eigenvalue weighted by molar-refractivity contribution is -0.354. The second-order valence-electron chi connectivity index (χ2n) is 19.3. The standard InChI is InChI=1S/C48H76O14/c1-12-25(2)44-30(7)37(50)23-47(62-44)22-34-19-33(61-47)17-16-27(4)43(26(3)14-13-15-29(6)48(53)24-36(49)28(5)18-35(48)46(52)58-34)59-41-21-39(55-11)45(32(9)57-41)60-40-20-38(54-10)42(51)31(8)56-40/h13-16,18,25-26,30-45,49-51,53H,12,17,19-24H2,1-11H3/b14-13+,27-16+,29-15+/t25-,26-,30-,31-,32-,33+,34-,35-,36-,37?,38-,39-,40-,41-,42-,43-,44+,45-,47-,48+/m0/s1. The van der Waals surface area contributed by atoms with Gasteiger partial charge in [-0.2, -0.15) is 0 Å². The van der Waals surface area contributed by atoms with E-state index in [0.717, 1.165) is 12.0 Å². The maximum Gasteiger partial charge on any atom is 0.316 e. The summed E-state index contributed by atoms with van der Waals surface area (Å²) < 4.78 is 57.5.